The molecule has 0 saturated carbocycles. The van der Waals surface area contributed by atoms with Crippen LogP contribution in [-0.2, 0) is 16.0 Å². The van der Waals surface area contributed by atoms with E-state index in [-0.39, 0.29) is 12.5 Å². The number of allylic oxidation sites excluding steroid dienone is 2. The SMILES string of the molecule is O=C(COC(=O)c1c2c(nc3ccccc13)C(=Cc1ccco1)CC2)NCCC1=CCCCC1. The van der Waals surface area contributed by atoms with Gasteiger partial charge in [-0.25, -0.2) is 9.78 Å². The molecule has 0 fully saturated rings. The molecule has 0 bridgehead atoms. The van der Waals surface area contributed by atoms with Gasteiger partial charge in [-0.3, -0.25) is 4.79 Å². The van der Waals surface area contributed by atoms with Gasteiger partial charge in [0.1, 0.15) is 5.76 Å². The van der Waals surface area contributed by atoms with E-state index in [4.69, 9.17) is 14.1 Å². The maximum atomic E-state index is 13.2. The first-order valence-corrected chi connectivity index (χ1v) is 12.0. The van der Waals surface area contributed by atoms with Crippen molar-refractivity contribution in [1.29, 1.82) is 0 Å². The van der Waals surface area contributed by atoms with E-state index in [9.17, 15) is 9.59 Å². The van der Waals surface area contributed by atoms with Crippen LogP contribution in [0.4, 0.5) is 0 Å². The van der Waals surface area contributed by atoms with Crippen LogP contribution in [0.1, 0.15) is 65.9 Å². The molecule has 0 saturated heterocycles. The van der Waals surface area contributed by atoms with Gasteiger partial charge in [-0.15, -0.1) is 0 Å². The summed E-state index contributed by atoms with van der Waals surface area (Å²) in [4.78, 5) is 30.3. The van der Waals surface area contributed by atoms with Crippen LogP contribution in [0, 0.1) is 0 Å². The molecule has 5 rings (SSSR count). The first-order chi connectivity index (χ1) is 16.7. The molecule has 2 heterocycles. The molecule has 3 aromatic rings. The number of amides is 1. The number of rotatable bonds is 7. The number of para-hydroxylation sites is 1. The van der Waals surface area contributed by atoms with E-state index in [1.54, 1.807) is 6.26 Å². The lowest BCUT2D eigenvalue weighted by Crippen LogP contribution is -2.30. The molecular formula is C28H28N2O4. The highest BCUT2D eigenvalue weighted by Gasteiger charge is 2.28. The average Bonchev–Trinajstić information content (AvgIpc) is 3.52. The number of benzene rings is 1. The van der Waals surface area contributed by atoms with Crippen LogP contribution in [-0.4, -0.2) is 30.0 Å². The normalized spacial score (nSPS) is 16.4. The summed E-state index contributed by atoms with van der Waals surface area (Å²) < 4.78 is 10.9. The van der Waals surface area contributed by atoms with Gasteiger partial charge in [0.25, 0.3) is 5.91 Å². The number of carbonyl (C=O) groups excluding carboxylic acids is 2. The van der Waals surface area contributed by atoms with Crippen LogP contribution in [0.15, 0.2) is 58.7 Å². The molecule has 174 valence electrons. The monoisotopic (exact) mass is 456 g/mol. The zero-order valence-electron chi connectivity index (χ0n) is 19.1. The molecule has 0 spiro atoms. The standard InChI is InChI=1S/C28H28N2O4/c31-25(29-15-14-19-7-2-1-3-8-19)18-34-28(32)26-22-10-4-5-11-24(22)30-27-20(12-13-23(26)27)17-21-9-6-16-33-21/h4-7,9-11,16-17H,1-3,8,12-15,18H2,(H,29,31). The number of carbonyl (C=O) groups is 2. The van der Waals surface area contributed by atoms with Crippen LogP contribution in [0.5, 0.6) is 0 Å². The van der Waals surface area contributed by atoms with Crippen LogP contribution >= 0.6 is 0 Å². The highest BCUT2D eigenvalue weighted by atomic mass is 16.5. The number of nitrogens with one attached hydrogen (secondary N) is 1. The van der Waals surface area contributed by atoms with E-state index in [0.717, 1.165) is 59.2 Å². The molecule has 2 aliphatic carbocycles. The lowest BCUT2D eigenvalue weighted by atomic mass is 9.97. The fourth-order valence-corrected chi connectivity index (χ4v) is 4.81. The largest absolute Gasteiger partial charge is 0.465 e. The Morgan fingerprint density at radius 1 is 1.09 bits per heavy atom. The number of nitrogens with zero attached hydrogens (tertiary/aromatic N) is 1. The third kappa shape index (κ3) is 4.81. The van der Waals surface area contributed by atoms with Crippen molar-refractivity contribution < 1.29 is 18.7 Å². The summed E-state index contributed by atoms with van der Waals surface area (Å²) in [5, 5.41) is 3.61. The fourth-order valence-electron chi connectivity index (χ4n) is 4.81. The van der Waals surface area contributed by atoms with Crippen molar-refractivity contribution >= 4 is 34.4 Å². The van der Waals surface area contributed by atoms with Gasteiger partial charge in [-0.05, 0) is 80.4 Å². The van der Waals surface area contributed by atoms with Crippen LogP contribution in [0.2, 0.25) is 0 Å². The van der Waals surface area contributed by atoms with Gasteiger partial charge in [0.05, 0.1) is 23.0 Å². The van der Waals surface area contributed by atoms with E-state index in [2.05, 4.69) is 11.4 Å². The first-order valence-electron chi connectivity index (χ1n) is 12.0. The van der Waals surface area contributed by atoms with Crippen molar-refractivity contribution in [2.45, 2.75) is 44.9 Å². The van der Waals surface area contributed by atoms with Crippen LogP contribution in [0.25, 0.3) is 22.6 Å². The van der Waals surface area contributed by atoms with Gasteiger partial charge >= 0.3 is 5.97 Å². The molecule has 0 atom stereocenters. The number of esters is 1. The Morgan fingerprint density at radius 2 is 2.00 bits per heavy atom. The first kappa shape index (κ1) is 22.1. The average molecular weight is 457 g/mol. The third-order valence-corrected chi connectivity index (χ3v) is 6.49. The lowest BCUT2D eigenvalue weighted by molar-refractivity contribution is -0.124. The highest BCUT2D eigenvalue weighted by molar-refractivity contribution is 6.07. The topological polar surface area (TPSA) is 81.4 Å². The number of hydrogen-bond acceptors (Lipinski definition) is 5. The zero-order valence-corrected chi connectivity index (χ0v) is 19.1. The molecule has 0 unspecified atom stereocenters. The molecule has 1 amide bonds. The van der Waals surface area contributed by atoms with Gasteiger partial charge in [0.2, 0.25) is 0 Å². The molecule has 6 nitrogen and oxygen atoms in total. The number of pyridine rings is 1. The van der Waals surface area contributed by atoms with Gasteiger partial charge < -0.3 is 14.5 Å². The fraction of sp³-hybridized carbons (Fsp3) is 0.321. The van der Waals surface area contributed by atoms with Crippen molar-refractivity contribution in [2.75, 3.05) is 13.2 Å². The van der Waals surface area contributed by atoms with E-state index >= 15 is 0 Å². The number of furan rings is 1. The van der Waals surface area contributed by atoms with Crippen molar-refractivity contribution in [1.82, 2.24) is 10.3 Å². The second kappa shape index (κ2) is 10.1. The minimum Gasteiger partial charge on any atom is -0.465 e. The molecule has 0 radical (unpaired) electrons. The quantitative estimate of drug-likeness (QED) is 0.376. The summed E-state index contributed by atoms with van der Waals surface area (Å²) in [6.07, 6.45) is 12.9. The highest BCUT2D eigenvalue weighted by Crippen LogP contribution is 2.37. The van der Waals surface area contributed by atoms with E-state index < -0.39 is 5.97 Å². The smallest absolute Gasteiger partial charge is 0.339 e. The maximum Gasteiger partial charge on any atom is 0.339 e. The maximum absolute atomic E-state index is 13.2. The Morgan fingerprint density at radius 3 is 2.82 bits per heavy atom. The van der Waals surface area contributed by atoms with Crippen molar-refractivity contribution in [3.8, 4) is 0 Å². The Bertz CT molecular complexity index is 1270. The second-order valence-electron chi connectivity index (χ2n) is 8.80. The predicted octanol–water partition coefficient (Wildman–Crippen LogP) is 5.48. The van der Waals surface area contributed by atoms with Crippen molar-refractivity contribution in [2.24, 2.45) is 0 Å². The molecule has 34 heavy (non-hydrogen) atoms. The van der Waals surface area contributed by atoms with Crippen LogP contribution in [0.3, 0.4) is 0 Å². The van der Waals surface area contributed by atoms with E-state index in [1.165, 1.54) is 18.4 Å². The van der Waals surface area contributed by atoms with Crippen molar-refractivity contribution in [3.05, 3.63) is 76.9 Å². The summed E-state index contributed by atoms with van der Waals surface area (Å²) in [5.41, 5.74) is 5.33. The molecule has 1 N–H and O–H groups in total. The van der Waals surface area contributed by atoms with E-state index in [1.807, 2.05) is 42.5 Å². The Balaban J connectivity index is 1.31. The number of fused-ring (bicyclic) bond motifs is 2. The lowest BCUT2D eigenvalue weighted by Gasteiger charge is -2.14. The minimum atomic E-state index is -0.487. The molecule has 1 aromatic carbocycles. The van der Waals surface area contributed by atoms with Gasteiger partial charge in [-0.2, -0.15) is 0 Å². The van der Waals surface area contributed by atoms with Gasteiger partial charge in [-0.1, -0.05) is 29.8 Å². The third-order valence-electron chi connectivity index (χ3n) is 6.49. The molecule has 2 aliphatic rings. The number of ether oxygens (including phenoxy) is 1. The summed E-state index contributed by atoms with van der Waals surface area (Å²) in [6.45, 7) is 0.273. The summed E-state index contributed by atoms with van der Waals surface area (Å²) >= 11 is 0. The molecular weight excluding hydrogens is 428 g/mol. The Hall–Kier alpha value is -3.67. The number of aromatic nitrogens is 1. The minimum absolute atomic E-state index is 0.279. The predicted molar refractivity (Wildman–Crippen MR) is 131 cm³/mol. The summed E-state index contributed by atoms with van der Waals surface area (Å²) in [6, 6.07) is 11.3. The molecule has 2 aromatic heterocycles. The van der Waals surface area contributed by atoms with Crippen LogP contribution < -0.4 is 5.32 Å². The van der Waals surface area contributed by atoms with Crippen molar-refractivity contribution in [3.63, 3.8) is 0 Å². The molecule has 0 aliphatic heterocycles. The van der Waals surface area contributed by atoms with Gasteiger partial charge in [0.15, 0.2) is 6.61 Å². The Kier molecular flexibility index (Phi) is 6.56. The summed E-state index contributed by atoms with van der Waals surface area (Å²) in [5.74, 6) is -0.0139. The summed E-state index contributed by atoms with van der Waals surface area (Å²) in [7, 11) is 0. The number of hydrogen-bond donors (Lipinski definition) is 1. The Labute approximate surface area is 198 Å². The second-order valence-corrected chi connectivity index (χ2v) is 8.80. The molecule has 6 heteroatoms. The zero-order chi connectivity index (χ0) is 23.3. The van der Waals surface area contributed by atoms with E-state index in [0.29, 0.717) is 18.5 Å². The van der Waals surface area contributed by atoms with Gasteiger partial charge in [0, 0.05) is 11.9 Å².